The van der Waals surface area contributed by atoms with Crippen molar-refractivity contribution in [2.24, 2.45) is 0 Å². The number of aromatic nitrogens is 2. The Morgan fingerprint density at radius 2 is 2.07 bits per heavy atom. The average Bonchev–Trinajstić information content (AvgIpc) is 2.42. The lowest BCUT2D eigenvalue weighted by atomic mass is 9.44. The Labute approximate surface area is 86.5 Å². The van der Waals surface area contributed by atoms with Gasteiger partial charge in [-0.05, 0) is 27.7 Å². The molecule has 0 N–H and O–H groups in total. The van der Waals surface area contributed by atoms with Crippen LogP contribution in [0.5, 0.6) is 0 Å². The number of hydrogen-bond acceptors (Lipinski definition) is 2. The van der Waals surface area contributed by atoms with Crippen molar-refractivity contribution in [3.05, 3.63) is 17.0 Å². The maximum atomic E-state index is 10.8. The van der Waals surface area contributed by atoms with Gasteiger partial charge in [0.05, 0.1) is 18.4 Å². The zero-order valence-electron chi connectivity index (χ0n) is 9.03. The van der Waals surface area contributed by atoms with Gasteiger partial charge in [0.2, 0.25) is 0 Å². The van der Waals surface area contributed by atoms with Crippen molar-refractivity contribution in [3.63, 3.8) is 0 Å². The number of carbonyl (C=O) groups is 1. The molecule has 0 aliphatic rings. The Morgan fingerprint density at radius 1 is 1.50 bits per heavy atom. The Kier molecular flexibility index (Phi) is 2.88. The van der Waals surface area contributed by atoms with Crippen molar-refractivity contribution >= 4 is 21.2 Å². The number of aldehydes is 1. The quantitative estimate of drug-likeness (QED) is 0.517. The lowest BCUT2D eigenvalue weighted by Crippen LogP contribution is -2.35. The first-order valence-corrected chi connectivity index (χ1v) is 4.52. The van der Waals surface area contributed by atoms with Crippen molar-refractivity contribution in [1.29, 1.82) is 0 Å². The first-order chi connectivity index (χ1) is 6.44. The minimum atomic E-state index is -0.365. The van der Waals surface area contributed by atoms with Crippen LogP contribution in [0.3, 0.4) is 0 Å². The molecule has 0 atom stereocenters. The fourth-order valence-corrected chi connectivity index (χ4v) is 1.46. The molecule has 0 aliphatic heterocycles. The first kappa shape index (κ1) is 11.1. The van der Waals surface area contributed by atoms with Gasteiger partial charge >= 0.3 is 0 Å². The van der Waals surface area contributed by atoms with Crippen LogP contribution >= 0.6 is 0 Å². The summed E-state index contributed by atoms with van der Waals surface area (Å²) in [5, 5.41) is 4.30. The molecule has 1 heterocycles. The zero-order valence-corrected chi connectivity index (χ0v) is 9.03. The highest BCUT2D eigenvalue weighted by Gasteiger charge is 2.23. The van der Waals surface area contributed by atoms with Crippen LogP contribution in [0.1, 0.15) is 35.6 Å². The van der Waals surface area contributed by atoms with Crippen LogP contribution in [-0.2, 0) is 5.44 Å². The Morgan fingerprint density at radius 3 is 2.43 bits per heavy atom. The van der Waals surface area contributed by atoms with Gasteiger partial charge in [-0.15, -0.1) is 0 Å². The smallest absolute Gasteiger partial charge is 0.153 e. The molecular weight excluding hydrogens is 174 g/mol. The summed E-state index contributed by atoms with van der Waals surface area (Å²) >= 11 is 0. The van der Waals surface area contributed by atoms with E-state index in [4.69, 9.17) is 7.74 Å². The molecule has 14 heavy (non-hydrogen) atoms. The second kappa shape index (κ2) is 3.64. The Balaban J connectivity index is 3.31. The summed E-state index contributed by atoms with van der Waals surface area (Å²) in [6.07, 6.45) is 0.834. The second-order valence-corrected chi connectivity index (χ2v) is 3.93. The fraction of sp³-hybridized carbons (Fsp3) is 0.556. The van der Waals surface area contributed by atoms with E-state index in [2.05, 4.69) is 5.10 Å². The third-order valence-corrected chi connectivity index (χ3v) is 2.42. The van der Waals surface area contributed by atoms with Crippen LogP contribution in [0.25, 0.3) is 0 Å². The molecule has 5 heteroatoms. The maximum Gasteiger partial charge on any atom is 0.153 e. The summed E-state index contributed by atoms with van der Waals surface area (Å²) in [5.74, 6) is 0. The minimum Gasteiger partial charge on any atom is -0.298 e. The third kappa shape index (κ3) is 1.63. The highest BCUT2D eigenvalue weighted by atomic mass is 16.1. The summed E-state index contributed by atoms with van der Waals surface area (Å²) in [4.78, 5) is 10.8. The highest BCUT2D eigenvalue weighted by molar-refractivity contribution is 6.90. The number of nitrogens with zero attached hydrogens (tertiary/aromatic N) is 2. The van der Waals surface area contributed by atoms with E-state index in [1.807, 2.05) is 27.7 Å². The van der Waals surface area contributed by atoms with Crippen LogP contribution in [0.2, 0.25) is 0 Å². The third-order valence-electron chi connectivity index (χ3n) is 2.42. The normalized spacial score (nSPS) is 11.4. The molecule has 3 radical (unpaired) electrons. The van der Waals surface area contributed by atoms with E-state index in [9.17, 15) is 4.79 Å². The molecule has 0 aliphatic carbocycles. The molecule has 0 fully saturated rings. The SMILES string of the molecule is [B][B]C(C)(C)n1nc(C)c(C=O)c1C. The molecule has 0 saturated carbocycles. The van der Waals surface area contributed by atoms with Crippen LogP contribution in [0.15, 0.2) is 0 Å². The fourth-order valence-electron chi connectivity index (χ4n) is 1.46. The topological polar surface area (TPSA) is 34.9 Å². The average molecular weight is 187 g/mol. The van der Waals surface area contributed by atoms with Crippen LogP contribution in [0, 0.1) is 13.8 Å². The molecule has 3 nitrogen and oxygen atoms in total. The molecule has 0 aromatic carbocycles. The van der Waals surface area contributed by atoms with E-state index in [1.165, 1.54) is 0 Å². The summed E-state index contributed by atoms with van der Waals surface area (Å²) in [7, 11) is 7.10. The zero-order chi connectivity index (χ0) is 10.9. The van der Waals surface area contributed by atoms with E-state index < -0.39 is 0 Å². The molecular formula is C9H13B2N2O. The Hall–Kier alpha value is -0.990. The maximum absolute atomic E-state index is 10.8. The lowest BCUT2D eigenvalue weighted by molar-refractivity contribution is 0.112. The summed E-state index contributed by atoms with van der Waals surface area (Å²) in [6.45, 7) is 7.58. The predicted molar refractivity (Wildman–Crippen MR) is 57.9 cm³/mol. The number of rotatable bonds is 3. The molecule has 0 bridgehead atoms. The van der Waals surface area contributed by atoms with Crippen LogP contribution in [0.4, 0.5) is 0 Å². The molecule has 0 saturated heterocycles. The number of hydrogen-bond donors (Lipinski definition) is 0. The van der Waals surface area contributed by atoms with Crippen molar-refractivity contribution in [2.45, 2.75) is 33.1 Å². The standard InChI is InChI=1S/C9H13B2N2O/c1-6-8(5-14)7(2)13(12-6)9(3,4)11-10/h5H,1-4H3. The summed E-state index contributed by atoms with van der Waals surface area (Å²) in [6, 6.07) is 0. The number of aryl methyl sites for hydroxylation is 1. The van der Waals surface area contributed by atoms with Gasteiger partial charge in [-0.1, -0.05) is 0 Å². The van der Waals surface area contributed by atoms with E-state index in [0.717, 1.165) is 17.7 Å². The van der Waals surface area contributed by atoms with Gasteiger partial charge < -0.3 is 0 Å². The molecule has 0 unspecified atom stereocenters. The molecule has 0 spiro atoms. The van der Waals surface area contributed by atoms with Gasteiger partial charge in [0, 0.05) is 18.9 Å². The molecule has 1 aromatic heterocycles. The summed E-state index contributed by atoms with van der Waals surface area (Å²) in [5.41, 5.74) is 1.88. The van der Waals surface area contributed by atoms with Crippen LogP contribution in [-0.4, -0.2) is 31.0 Å². The monoisotopic (exact) mass is 187 g/mol. The van der Waals surface area contributed by atoms with Crippen molar-refractivity contribution in [3.8, 4) is 0 Å². The van der Waals surface area contributed by atoms with Gasteiger partial charge in [0.1, 0.15) is 0 Å². The molecule has 71 valence electrons. The lowest BCUT2D eigenvalue weighted by Gasteiger charge is -2.25. The first-order valence-electron chi connectivity index (χ1n) is 4.52. The van der Waals surface area contributed by atoms with Crippen molar-refractivity contribution in [1.82, 2.24) is 9.78 Å². The van der Waals surface area contributed by atoms with E-state index >= 15 is 0 Å². The highest BCUT2D eigenvalue weighted by Crippen LogP contribution is 2.18. The molecule has 1 aromatic rings. The van der Waals surface area contributed by atoms with Gasteiger partial charge in [0.25, 0.3) is 0 Å². The van der Waals surface area contributed by atoms with Crippen molar-refractivity contribution < 1.29 is 4.79 Å². The van der Waals surface area contributed by atoms with Gasteiger partial charge in [-0.2, -0.15) is 5.10 Å². The molecule has 0 amide bonds. The van der Waals surface area contributed by atoms with E-state index in [1.54, 1.807) is 11.9 Å². The van der Waals surface area contributed by atoms with Crippen molar-refractivity contribution in [2.75, 3.05) is 0 Å². The van der Waals surface area contributed by atoms with E-state index in [0.29, 0.717) is 5.56 Å². The van der Waals surface area contributed by atoms with Crippen LogP contribution < -0.4 is 0 Å². The van der Waals surface area contributed by atoms with E-state index in [-0.39, 0.29) is 5.44 Å². The summed E-state index contributed by atoms with van der Waals surface area (Å²) < 4.78 is 1.77. The van der Waals surface area contributed by atoms with Gasteiger partial charge in [-0.3, -0.25) is 9.48 Å². The predicted octanol–water partition coefficient (Wildman–Crippen LogP) is 0.793. The second-order valence-electron chi connectivity index (χ2n) is 3.93. The number of carbonyl (C=O) groups excluding carboxylic acids is 1. The van der Waals surface area contributed by atoms with Gasteiger partial charge in [0.15, 0.2) is 6.29 Å². The Bertz CT molecular complexity index is 358. The minimum absolute atomic E-state index is 0.365. The molecule has 1 rings (SSSR count). The largest absolute Gasteiger partial charge is 0.298 e. The van der Waals surface area contributed by atoms with Gasteiger partial charge in [-0.25, -0.2) is 0 Å².